The number of nitrogen functional groups attached to an aromatic ring is 1. The molecule has 0 spiro atoms. The predicted octanol–water partition coefficient (Wildman–Crippen LogP) is 2.90. The van der Waals surface area contributed by atoms with Gasteiger partial charge in [0.25, 0.3) is 0 Å². The van der Waals surface area contributed by atoms with Crippen molar-refractivity contribution in [3.8, 4) is 11.1 Å². The lowest BCUT2D eigenvalue weighted by atomic mass is 10.1. The molecule has 0 saturated carbocycles. The molecule has 0 fully saturated rings. The lowest BCUT2D eigenvalue weighted by Gasteiger charge is -2.04. The van der Waals surface area contributed by atoms with Crippen molar-refractivity contribution in [1.82, 2.24) is 9.78 Å². The standard InChI is InChI=1S/C11H11BrFN3/c1-16-11(14)9(6-15-16)7-2-3-8(5-13)10(12)4-7/h2-4,6H,5,14H2,1H3. The van der Waals surface area contributed by atoms with Gasteiger partial charge in [0.2, 0.25) is 0 Å². The van der Waals surface area contributed by atoms with Gasteiger partial charge < -0.3 is 5.73 Å². The minimum absolute atomic E-state index is 0.483. The van der Waals surface area contributed by atoms with Crippen LogP contribution < -0.4 is 5.73 Å². The Balaban J connectivity index is 2.49. The second-order valence-electron chi connectivity index (χ2n) is 3.51. The number of halogens is 2. The van der Waals surface area contributed by atoms with Gasteiger partial charge in [0, 0.05) is 17.1 Å². The minimum Gasteiger partial charge on any atom is -0.383 e. The van der Waals surface area contributed by atoms with Gasteiger partial charge in [0.15, 0.2) is 0 Å². The van der Waals surface area contributed by atoms with Gasteiger partial charge in [-0.15, -0.1) is 0 Å². The number of aromatic nitrogens is 2. The number of anilines is 1. The number of hydrogen-bond acceptors (Lipinski definition) is 2. The van der Waals surface area contributed by atoms with E-state index in [0.29, 0.717) is 11.4 Å². The fraction of sp³-hybridized carbons (Fsp3) is 0.182. The van der Waals surface area contributed by atoms with E-state index in [2.05, 4.69) is 21.0 Å². The zero-order valence-electron chi connectivity index (χ0n) is 8.74. The Morgan fingerprint density at radius 3 is 2.75 bits per heavy atom. The average molecular weight is 284 g/mol. The summed E-state index contributed by atoms with van der Waals surface area (Å²) in [6.45, 7) is -0.483. The van der Waals surface area contributed by atoms with Gasteiger partial charge in [-0.1, -0.05) is 28.1 Å². The summed E-state index contributed by atoms with van der Waals surface area (Å²) in [7, 11) is 1.78. The minimum atomic E-state index is -0.483. The van der Waals surface area contributed by atoms with E-state index in [1.54, 1.807) is 24.0 Å². The Morgan fingerprint density at radius 1 is 1.50 bits per heavy atom. The zero-order chi connectivity index (χ0) is 11.7. The first-order chi connectivity index (χ1) is 7.63. The van der Waals surface area contributed by atoms with Gasteiger partial charge >= 0.3 is 0 Å². The van der Waals surface area contributed by atoms with E-state index < -0.39 is 6.67 Å². The molecule has 1 heterocycles. The van der Waals surface area contributed by atoms with Crippen LogP contribution >= 0.6 is 15.9 Å². The fourth-order valence-electron chi connectivity index (χ4n) is 1.49. The summed E-state index contributed by atoms with van der Waals surface area (Å²) >= 11 is 3.33. The maximum Gasteiger partial charge on any atom is 0.129 e. The Kier molecular flexibility index (Phi) is 2.96. The van der Waals surface area contributed by atoms with Gasteiger partial charge in [0.1, 0.15) is 12.5 Å². The van der Waals surface area contributed by atoms with Crippen LogP contribution in [0.15, 0.2) is 28.9 Å². The van der Waals surface area contributed by atoms with Crippen LogP contribution in [0.4, 0.5) is 10.2 Å². The molecule has 0 unspecified atom stereocenters. The van der Waals surface area contributed by atoms with E-state index in [-0.39, 0.29) is 0 Å². The average Bonchev–Trinajstić information content (AvgIpc) is 2.60. The first-order valence-corrected chi connectivity index (χ1v) is 5.55. The second-order valence-corrected chi connectivity index (χ2v) is 4.36. The van der Waals surface area contributed by atoms with Crippen molar-refractivity contribution in [3.05, 3.63) is 34.4 Å². The highest BCUT2D eigenvalue weighted by molar-refractivity contribution is 9.10. The first kappa shape index (κ1) is 11.1. The molecule has 0 amide bonds. The molecule has 5 heteroatoms. The molecule has 2 N–H and O–H groups in total. The van der Waals surface area contributed by atoms with Crippen LogP contribution in [0.3, 0.4) is 0 Å². The van der Waals surface area contributed by atoms with E-state index in [1.165, 1.54) is 0 Å². The molecule has 3 nitrogen and oxygen atoms in total. The molecule has 0 aliphatic heterocycles. The van der Waals surface area contributed by atoms with Gasteiger partial charge in [-0.25, -0.2) is 4.39 Å². The second kappa shape index (κ2) is 4.25. The molecule has 0 atom stereocenters. The number of aryl methyl sites for hydroxylation is 1. The van der Waals surface area contributed by atoms with Crippen molar-refractivity contribution in [2.75, 3.05) is 5.73 Å². The van der Waals surface area contributed by atoms with Crippen molar-refractivity contribution in [1.29, 1.82) is 0 Å². The van der Waals surface area contributed by atoms with Gasteiger partial charge in [-0.2, -0.15) is 5.10 Å². The van der Waals surface area contributed by atoms with Crippen LogP contribution in [0.1, 0.15) is 5.56 Å². The number of rotatable bonds is 2. The van der Waals surface area contributed by atoms with Crippen molar-refractivity contribution in [2.24, 2.45) is 7.05 Å². The molecule has 0 aliphatic carbocycles. The van der Waals surface area contributed by atoms with E-state index in [9.17, 15) is 4.39 Å². The number of nitrogens with two attached hydrogens (primary N) is 1. The first-order valence-electron chi connectivity index (χ1n) is 4.75. The van der Waals surface area contributed by atoms with E-state index in [0.717, 1.165) is 15.6 Å². The predicted molar refractivity (Wildman–Crippen MR) is 65.6 cm³/mol. The van der Waals surface area contributed by atoms with Crippen molar-refractivity contribution < 1.29 is 4.39 Å². The molecule has 1 aromatic carbocycles. The van der Waals surface area contributed by atoms with Crippen molar-refractivity contribution in [3.63, 3.8) is 0 Å². The van der Waals surface area contributed by atoms with Crippen LogP contribution in [0.5, 0.6) is 0 Å². The molecule has 2 aromatic rings. The molecule has 0 aliphatic rings. The van der Waals surface area contributed by atoms with E-state index in [4.69, 9.17) is 5.73 Å². The molecular weight excluding hydrogens is 273 g/mol. The largest absolute Gasteiger partial charge is 0.383 e. The monoisotopic (exact) mass is 283 g/mol. The summed E-state index contributed by atoms with van der Waals surface area (Å²) in [6.07, 6.45) is 1.70. The number of alkyl halides is 1. The highest BCUT2D eigenvalue weighted by Crippen LogP contribution is 2.29. The molecule has 2 rings (SSSR count). The van der Waals surface area contributed by atoms with E-state index >= 15 is 0 Å². The summed E-state index contributed by atoms with van der Waals surface area (Å²) in [5, 5.41) is 4.07. The molecular formula is C11H11BrFN3. The summed E-state index contributed by atoms with van der Waals surface area (Å²) in [5.74, 6) is 0.597. The maximum atomic E-state index is 12.5. The van der Waals surface area contributed by atoms with Crippen LogP contribution in [0.2, 0.25) is 0 Å². The highest BCUT2D eigenvalue weighted by Gasteiger charge is 2.09. The number of hydrogen-bond donors (Lipinski definition) is 1. The van der Waals surface area contributed by atoms with E-state index in [1.807, 2.05) is 12.1 Å². The lowest BCUT2D eigenvalue weighted by Crippen LogP contribution is -1.98. The third-order valence-corrected chi connectivity index (χ3v) is 3.23. The summed E-state index contributed by atoms with van der Waals surface area (Å²) in [6, 6.07) is 5.43. The Hall–Kier alpha value is -1.36. The SMILES string of the molecule is Cn1ncc(-c2ccc(CF)c(Br)c2)c1N. The summed E-state index contributed by atoms with van der Waals surface area (Å²) in [4.78, 5) is 0. The molecule has 0 saturated heterocycles. The van der Waals surface area contributed by atoms with Crippen LogP contribution in [-0.4, -0.2) is 9.78 Å². The number of nitrogens with zero attached hydrogens (tertiary/aromatic N) is 2. The lowest BCUT2D eigenvalue weighted by molar-refractivity contribution is 0.484. The molecule has 84 valence electrons. The van der Waals surface area contributed by atoms with Crippen LogP contribution in [0.25, 0.3) is 11.1 Å². The molecule has 16 heavy (non-hydrogen) atoms. The smallest absolute Gasteiger partial charge is 0.129 e. The van der Waals surface area contributed by atoms with Crippen LogP contribution in [0, 0.1) is 0 Å². The highest BCUT2D eigenvalue weighted by atomic mass is 79.9. The third-order valence-electron chi connectivity index (χ3n) is 2.49. The molecule has 1 aromatic heterocycles. The third kappa shape index (κ3) is 1.82. The quantitative estimate of drug-likeness (QED) is 0.921. The summed E-state index contributed by atoms with van der Waals surface area (Å²) in [5.41, 5.74) is 8.28. The zero-order valence-corrected chi connectivity index (χ0v) is 10.3. The number of benzene rings is 1. The van der Waals surface area contributed by atoms with Gasteiger partial charge in [-0.05, 0) is 17.2 Å². The van der Waals surface area contributed by atoms with Crippen molar-refractivity contribution in [2.45, 2.75) is 6.67 Å². The molecule has 0 radical (unpaired) electrons. The normalized spacial score (nSPS) is 10.7. The molecule has 0 bridgehead atoms. The van der Waals surface area contributed by atoms with Crippen molar-refractivity contribution >= 4 is 21.7 Å². The van der Waals surface area contributed by atoms with Crippen LogP contribution in [-0.2, 0) is 13.7 Å². The Morgan fingerprint density at radius 2 is 2.25 bits per heavy atom. The van der Waals surface area contributed by atoms with Gasteiger partial charge in [0.05, 0.1) is 6.20 Å². The summed E-state index contributed by atoms with van der Waals surface area (Å²) < 4.78 is 14.9. The fourth-order valence-corrected chi connectivity index (χ4v) is 1.98. The maximum absolute atomic E-state index is 12.5. The topological polar surface area (TPSA) is 43.8 Å². The van der Waals surface area contributed by atoms with Gasteiger partial charge in [-0.3, -0.25) is 4.68 Å². The Bertz CT molecular complexity index is 522. The Labute approximate surface area is 101 Å².